The van der Waals surface area contributed by atoms with Gasteiger partial charge in [-0.25, -0.2) is 0 Å². The van der Waals surface area contributed by atoms with Crippen LogP contribution in [0.25, 0.3) is 0 Å². The molecule has 106 valence electrons. The van der Waals surface area contributed by atoms with Crippen LogP contribution < -0.4 is 5.32 Å². The Morgan fingerprint density at radius 1 is 1.17 bits per heavy atom. The minimum atomic E-state index is -0.0318. The monoisotopic (exact) mass is 255 g/mol. The summed E-state index contributed by atoms with van der Waals surface area (Å²) in [6.07, 6.45) is 11.7. The smallest absolute Gasteiger partial charge is 0.0615 e. The maximum absolute atomic E-state index is 9.63. The number of hydrogen-bond acceptors (Lipinski definition) is 3. The fourth-order valence-electron chi connectivity index (χ4n) is 3.79. The Balaban J connectivity index is 1.72. The van der Waals surface area contributed by atoms with Gasteiger partial charge >= 0.3 is 0 Å². The van der Waals surface area contributed by atoms with Crippen LogP contribution in [-0.4, -0.2) is 37.0 Å². The first-order valence-corrected chi connectivity index (χ1v) is 7.72. The quantitative estimate of drug-likeness (QED) is 0.766. The standard InChI is InChI=1S/C15H29NO2/c1-16-15(12-17)10-5-6-13(15)9-11-18-14-7-3-2-4-8-14/h13-14,16-17H,2-12H2,1H3. The molecule has 0 saturated heterocycles. The van der Waals surface area contributed by atoms with Gasteiger partial charge in [0, 0.05) is 12.1 Å². The second-order valence-corrected chi connectivity index (χ2v) is 6.07. The topological polar surface area (TPSA) is 41.5 Å². The van der Waals surface area contributed by atoms with E-state index in [0.29, 0.717) is 12.0 Å². The SMILES string of the molecule is CNC1(CO)CCCC1CCOC1CCCCC1. The molecule has 2 rings (SSSR count). The fraction of sp³-hybridized carbons (Fsp3) is 1.00. The minimum absolute atomic E-state index is 0.0318. The summed E-state index contributed by atoms with van der Waals surface area (Å²) in [5.41, 5.74) is -0.0318. The fourth-order valence-corrected chi connectivity index (χ4v) is 3.79. The molecule has 2 fully saturated rings. The molecule has 2 aliphatic carbocycles. The van der Waals surface area contributed by atoms with Crippen molar-refractivity contribution in [2.24, 2.45) is 5.92 Å². The summed E-state index contributed by atoms with van der Waals surface area (Å²) in [5, 5.41) is 13.0. The van der Waals surface area contributed by atoms with Crippen LogP contribution in [0, 0.1) is 5.92 Å². The highest BCUT2D eigenvalue weighted by Gasteiger charge is 2.40. The highest BCUT2D eigenvalue weighted by Crippen LogP contribution is 2.37. The van der Waals surface area contributed by atoms with Crippen molar-refractivity contribution in [1.29, 1.82) is 0 Å². The number of aliphatic hydroxyl groups excluding tert-OH is 1. The van der Waals surface area contributed by atoms with Gasteiger partial charge in [0.15, 0.2) is 0 Å². The molecule has 3 nitrogen and oxygen atoms in total. The molecule has 0 heterocycles. The average Bonchev–Trinajstić information content (AvgIpc) is 2.84. The molecule has 2 unspecified atom stereocenters. The summed E-state index contributed by atoms with van der Waals surface area (Å²) >= 11 is 0. The molecule has 0 bridgehead atoms. The van der Waals surface area contributed by atoms with Gasteiger partial charge in [-0.3, -0.25) is 0 Å². The van der Waals surface area contributed by atoms with E-state index in [4.69, 9.17) is 4.74 Å². The Bertz CT molecular complexity index is 235. The third-order valence-electron chi connectivity index (χ3n) is 5.11. The van der Waals surface area contributed by atoms with Crippen molar-refractivity contribution in [2.45, 2.75) is 69.4 Å². The Kier molecular flexibility index (Phi) is 5.46. The Morgan fingerprint density at radius 2 is 1.94 bits per heavy atom. The van der Waals surface area contributed by atoms with Gasteiger partial charge in [-0.05, 0) is 45.1 Å². The zero-order chi connectivity index (χ0) is 12.8. The summed E-state index contributed by atoms with van der Waals surface area (Å²) < 4.78 is 6.02. The van der Waals surface area contributed by atoms with Crippen molar-refractivity contribution in [3.8, 4) is 0 Å². The Morgan fingerprint density at radius 3 is 2.61 bits per heavy atom. The van der Waals surface area contributed by atoms with Crippen LogP contribution in [0.5, 0.6) is 0 Å². The van der Waals surface area contributed by atoms with Crippen molar-refractivity contribution in [1.82, 2.24) is 5.32 Å². The molecule has 18 heavy (non-hydrogen) atoms. The van der Waals surface area contributed by atoms with Crippen LogP contribution in [0.4, 0.5) is 0 Å². The van der Waals surface area contributed by atoms with E-state index in [9.17, 15) is 5.11 Å². The van der Waals surface area contributed by atoms with Crippen LogP contribution in [0.15, 0.2) is 0 Å². The van der Waals surface area contributed by atoms with Gasteiger partial charge in [0.1, 0.15) is 0 Å². The second-order valence-electron chi connectivity index (χ2n) is 6.07. The number of ether oxygens (including phenoxy) is 1. The number of aliphatic hydroxyl groups is 1. The summed E-state index contributed by atoms with van der Waals surface area (Å²) in [7, 11) is 1.98. The lowest BCUT2D eigenvalue weighted by molar-refractivity contribution is 0.0126. The average molecular weight is 255 g/mol. The zero-order valence-corrected chi connectivity index (χ0v) is 11.8. The van der Waals surface area contributed by atoms with Gasteiger partial charge in [-0.15, -0.1) is 0 Å². The molecular formula is C15H29NO2. The van der Waals surface area contributed by atoms with Gasteiger partial charge in [-0.2, -0.15) is 0 Å². The molecule has 3 heteroatoms. The van der Waals surface area contributed by atoms with Crippen LogP contribution in [-0.2, 0) is 4.74 Å². The Hall–Kier alpha value is -0.120. The first-order chi connectivity index (χ1) is 8.80. The van der Waals surface area contributed by atoms with Crippen LogP contribution in [0.1, 0.15) is 57.8 Å². The molecule has 2 N–H and O–H groups in total. The molecule has 2 aliphatic rings. The zero-order valence-electron chi connectivity index (χ0n) is 11.8. The third kappa shape index (κ3) is 3.25. The largest absolute Gasteiger partial charge is 0.394 e. The Labute approximate surface area is 111 Å². The molecule has 0 radical (unpaired) electrons. The number of nitrogens with one attached hydrogen (secondary N) is 1. The first-order valence-electron chi connectivity index (χ1n) is 7.72. The second kappa shape index (κ2) is 6.88. The highest BCUT2D eigenvalue weighted by molar-refractivity contribution is 4.97. The van der Waals surface area contributed by atoms with E-state index >= 15 is 0 Å². The normalized spacial score (nSPS) is 34.0. The number of likely N-dealkylation sites (N-methyl/N-ethyl adjacent to an activating group) is 1. The lowest BCUT2D eigenvalue weighted by Crippen LogP contribution is -2.49. The molecular weight excluding hydrogens is 226 g/mol. The van der Waals surface area contributed by atoms with Gasteiger partial charge in [0.25, 0.3) is 0 Å². The summed E-state index contributed by atoms with van der Waals surface area (Å²) in [5.74, 6) is 0.580. The van der Waals surface area contributed by atoms with Gasteiger partial charge in [0.2, 0.25) is 0 Å². The molecule has 2 atom stereocenters. The maximum Gasteiger partial charge on any atom is 0.0615 e. The maximum atomic E-state index is 9.63. The van der Waals surface area contributed by atoms with E-state index in [0.717, 1.165) is 19.4 Å². The van der Waals surface area contributed by atoms with Gasteiger partial charge in [0.05, 0.1) is 12.7 Å². The van der Waals surface area contributed by atoms with E-state index in [2.05, 4.69) is 5.32 Å². The van der Waals surface area contributed by atoms with Crippen LogP contribution in [0.3, 0.4) is 0 Å². The summed E-state index contributed by atoms with van der Waals surface area (Å²) in [6, 6.07) is 0. The highest BCUT2D eigenvalue weighted by atomic mass is 16.5. The van der Waals surface area contributed by atoms with Crippen molar-refractivity contribution < 1.29 is 9.84 Å². The van der Waals surface area contributed by atoms with Crippen LogP contribution >= 0.6 is 0 Å². The number of rotatable bonds is 6. The lowest BCUT2D eigenvalue weighted by atomic mass is 9.85. The lowest BCUT2D eigenvalue weighted by Gasteiger charge is -2.34. The molecule has 0 amide bonds. The van der Waals surface area contributed by atoms with Crippen molar-refractivity contribution in [2.75, 3.05) is 20.3 Å². The summed E-state index contributed by atoms with van der Waals surface area (Å²) in [6.45, 7) is 1.14. The van der Waals surface area contributed by atoms with E-state index in [-0.39, 0.29) is 12.1 Å². The minimum Gasteiger partial charge on any atom is -0.394 e. The molecule has 0 aromatic heterocycles. The molecule has 0 aromatic rings. The van der Waals surface area contributed by atoms with Crippen LogP contribution in [0.2, 0.25) is 0 Å². The molecule has 0 aromatic carbocycles. The van der Waals surface area contributed by atoms with Crippen molar-refractivity contribution in [3.05, 3.63) is 0 Å². The van der Waals surface area contributed by atoms with E-state index in [1.807, 2.05) is 7.05 Å². The van der Waals surface area contributed by atoms with E-state index in [1.165, 1.54) is 44.9 Å². The number of hydrogen-bond donors (Lipinski definition) is 2. The van der Waals surface area contributed by atoms with E-state index in [1.54, 1.807) is 0 Å². The molecule has 0 aliphatic heterocycles. The first kappa shape index (κ1) is 14.3. The summed E-state index contributed by atoms with van der Waals surface area (Å²) in [4.78, 5) is 0. The van der Waals surface area contributed by atoms with Crippen molar-refractivity contribution in [3.63, 3.8) is 0 Å². The predicted molar refractivity (Wildman–Crippen MR) is 73.7 cm³/mol. The van der Waals surface area contributed by atoms with E-state index < -0.39 is 0 Å². The van der Waals surface area contributed by atoms with Gasteiger partial charge in [-0.1, -0.05) is 25.7 Å². The molecule has 2 saturated carbocycles. The van der Waals surface area contributed by atoms with Crippen molar-refractivity contribution >= 4 is 0 Å². The third-order valence-corrected chi connectivity index (χ3v) is 5.11. The molecule has 0 spiro atoms. The predicted octanol–water partition coefficient (Wildman–Crippen LogP) is 2.48. The van der Waals surface area contributed by atoms with Gasteiger partial charge < -0.3 is 15.2 Å².